The summed E-state index contributed by atoms with van der Waals surface area (Å²) in [5, 5.41) is 8.66. The van der Waals surface area contributed by atoms with Crippen molar-refractivity contribution < 1.29 is 9.84 Å². The monoisotopic (exact) mass is 250 g/mol. The van der Waals surface area contributed by atoms with Crippen LogP contribution >= 0.6 is 0 Å². The predicted molar refractivity (Wildman–Crippen MR) is 76.1 cm³/mol. The van der Waals surface area contributed by atoms with Gasteiger partial charge in [-0.05, 0) is 49.8 Å². The van der Waals surface area contributed by atoms with Crippen molar-refractivity contribution in [1.82, 2.24) is 0 Å². The average molecular weight is 250 g/mol. The Morgan fingerprint density at radius 2 is 1.67 bits per heavy atom. The molecule has 0 aromatic heterocycles. The zero-order valence-corrected chi connectivity index (χ0v) is 11.5. The molecule has 0 radical (unpaired) electrons. The van der Waals surface area contributed by atoms with Crippen molar-refractivity contribution in [2.75, 3.05) is 13.2 Å². The summed E-state index contributed by atoms with van der Waals surface area (Å²) < 4.78 is 5.68. The van der Waals surface area contributed by atoms with Crippen LogP contribution in [0.5, 0.6) is 5.75 Å². The third-order valence-corrected chi connectivity index (χ3v) is 3.06. The summed E-state index contributed by atoms with van der Waals surface area (Å²) in [6, 6.07) is 8.46. The number of rotatable bonds is 10. The predicted octanol–water partition coefficient (Wildman–Crippen LogP) is 3.96. The first-order chi connectivity index (χ1) is 8.86. The molecule has 2 heteroatoms. The van der Waals surface area contributed by atoms with E-state index in [4.69, 9.17) is 9.84 Å². The van der Waals surface area contributed by atoms with Gasteiger partial charge >= 0.3 is 0 Å². The summed E-state index contributed by atoms with van der Waals surface area (Å²) in [5.74, 6) is 0.970. The van der Waals surface area contributed by atoms with Crippen LogP contribution in [0, 0.1) is 0 Å². The van der Waals surface area contributed by atoms with Gasteiger partial charge in [-0.25, -0.2) is 0 Å². The smallest absolute Gasteiger partial charge is 0.119 e. The second-order valence-electron chi connectivity index (χ2n) is 4.73. The van der Waals surface area contributed by atoms with Gasteiger partial charge in [0, 0.05) is 6.61 Å². The standard InChI is InChI=1S/C16H26O2/c1-2-3-8-15-9-11-16(12-10-15)18-14-7-5-4-6-13-17/h9-12,17H,2-8,13-14H2,1H3. The number of ether oxygens (including phenoxy) is 1. The molecule has 18 heavy (non-hydrogen) atoms. The molecule has 0 fully saturated rings. The molecule has 0 bridgehead atoms. The Kier molecular flexibility index (Phi) is 8.32. The van der Waals surface area contributed by atoms with E-state index in [2.05, 4.69) is 31.2 Å². The van der Waals surface area contributed by atoms with Crippen molar-refractivity contribution in [3.8, 4) is 5.75 Å². The maximum atomic E-state index is 8.66. The van der Waals surface area contributed by atoms with Crippen molar-refractivity contribution >= 4 is 0 Å². The van der Waals surface area contributed by atoms with Gasteiger partial charge in [0.2, 0.25) is 0 Å². The summed E-state index contributed by atoms with van der Waals surface area (Å²) in [5.41, 5.74) is 1.40. The summed E-state index contributed by atoms with van der Waals surface area (Å²) in [4.78, 5) is 0. The van der Waals surface area contributed by atoms with Crippen molar-refractivity contribution in [2.45, 2.75) is 51.9 Å². The van der Waals surface area contributed by atoms with Gasteiger partial charge in [-0.1, -0.05) is 31.9 Å². The molecule has 0 saturated heterocycles. The van der Waals surface area contributed by atoms with E-state index < -0.39 is 0 Å². The van der Waals surface area contributed by atoms with Gasteiger partial charge in [-0.2, -0.15) is 0 Å². The maximum absolute atomic E-state index is 8.66. The molecule has 1 rings (SSSR count). The molecule has 0 aliphatic carbocycles. The highest BCUT2D eigenvalue weighted by atomic mass is 16.5. The molecule has 1 aromatic rings. The first-order valence-corrected chi connectivity index (χ1v) is 7.19. The lowest BCUT2D eigenvalue weighted by Crippen LogP contribution is -1.97. The molecule has 0 spiro atoms. The number of aliphatic hydroxyl groups is 1. The Balaban J connectivity index is 2.14. The molecular weight excluding hydrogens is 224 g/mol. The zero-order chi connectivity index (χ0) is 13.1. The number of aliphatic hydroxyl groups excluding tert-OH is 1. The first-order valence-electron chi connectivity index (χ1n) is 7.19. The van der Waals surface area contributed by atoms with Crippen molar-refractivity contribution in [2.24, 2.45) is 0 Å². The third kappa shape index (κ3) is 6.65. The van der Waals surface area contributed by atoms with E-state index in [0.29, 0.717) is 6.61 Å². The van der Waals surface area contributed by atoms with Crippen molar-refractivity contribution in [3.63, 3.8) is 0 Å². The largest absolute Gasteiger partial charge is 0.494 e. The highest BCUT2D eigenvalue weighted by molar-refractivity contribution is 5.27. The Hall–Kier alpha value is -1.02. The van der Waals surface area contributed by atoms with E-state index in [0.717, 1.165) is 44.5 Å². The lowest BCUT2D eigenvalue weighted by Gasteiger charge is -2.07. The number of hydrogen-bond acceptors (Lipinski definition) is 2. The van der Waals surface area contributed by atoms with Crippen LogP contribution in [0.3, 0.4) is 0 Å². The molecular formula is C16H26O2. The molecule has 102 valence electrons. The van der Waals surface area contributed by atoms with Crippen molar-refractivity contribution in [1.29, 1.82) is 0 Å². The summed E-state index contributed by atoms with van der Waals surface area (Å²) >= 11 is 0. The van der Waals surface area contributed by atoms with Crippen LogP contribution in [0.25, 0.3) is 0 Å². The van der Waals surface area contributed by atoms with E-state index >= 15 is 0 Å². The van der Waals surface area contributed by atoms with E-state index in [1.165, 1.54) is 18.4 Å². The minimum Gasteiger partial charge on any atom is -0.494 e. The highest BCUT2D eigenvalue weighted by Gasteiger charge is 1.96. The lowest BCUT2D eigenvalue weighted by molar-refractivity contribution is 0.273. The molecule has 1 N–H and O–H groups in total. The highest BCUT2D eigenvalue weighted by Crippen LogP contribution is 2.14. The fraction of sp³-hybridized carbons (Fsp3) is 0.625. The molecule has 0 atom stereocenters. The van der Waals surface area contributed by atoms with Crippen LogP contribution in [0.1, 0.15) is 51.0 Å². The average Bonchev–Trinajstić information content (AvgIpc) is 2.42. The second-order valence-corrected chi connectivity index (χ2v) is 4.73. The van der Waals surface area contributed by atoms with Gasteiger partial charge in [-0.15, -0.1) is 0 Å². The number of aryl methyl sites for hydroxylation is 1. The molecule has 0 aliphatic rings. The number of benzene rings is 1. The normalized spacial score (nSPS) is 10.6. The SMILES string of the molecule is CCCCc1ccc(OCCCCCCO)cc1. The van der Waals surface area contributed by atoms with E-state index in [1.54, 1.807) is 0 Å². The van der Waals surface area contributed by atoms with Crippen LogP contribution in [-0.2, 0) is 6.42 Å². The molecule has 1 aromatic carbocycles. The Bertz CT molecular complexity index is 292. The van der Waals surface area contributed by atoms with Gasteiger partial charge in [0.15, 0.2) is 0 Å². The fourth-order valence-electron chi connectivity index (χ4n) is 1.89. The summed E-state index contributed by atoms with van der Waals surface area (Å²) in [7, 11) is 0. The lowest BCUT2D eigenvalue weighted by atomic mass is 10.1. The molecule has 0 aliphatic heterocycles. The topological polar surface area (TPSA) is 29.5 Å². The molecule has 2 nitrogen and oxygen atoms in total. The van der Waals surface area contributed by atoms with Gasteiger partial charge in [0.05, 0.1) is 6.61 Å². The van der Waals surface area contributed by atoms with Crippen LogP contribution < -0.4 is 4.74 Å². The minimum atomic E-state index is 0.306. The van der Waals surface area contributed by atoms with Gasteiger partial charge in [0.25, 0.3) is 0 Å². The summed E-state index contributed by atoms with van der Waals surface area (Å²) in [6.45, 7) is 3.30. The quantitative estimate of drug-likeness (QED) is 0.637. The van der Waals surface area contributed by atoms with Gasteiger partial charge in [0.1, 0.15) is 5.75 Å². The maximum Gasteiger partial charge on any atom is 0.119 e. The summed E-state index contributed by atoms with van der Waals surface area (Å²) in [6.07, 6.45) is 7.86. The molecule has 0 amide bonds. The van der Waals surface area contributed by atoms with Crippen LogP contribution in [0.15, 0.2) is 24.3 Å². The van der Waals surface area contributed by atoms with Gasteiger partial charge in [-0.3, -0.25) is 0 Å². The van der Waals surface area contributed by atoms with E-state index in [9.17, 15) is 0 Å². The second kappa shape index (κ2) is 9.95. The molecule has 0 heterocycles. The Morgan fingerprint density at radius 3 is 2.33 bits per heavy atom. The third-order valence-electron chi connectivity index (χ3n) is 3.06. The first kappa shape index (κ1) is 15.0. The van der Waals surface area contributed by atoms with Crippen LogP contribution in [0.2, 0.25) is 0 Å². The molecule has 0 unspecified atom stereocenters. The van der Waals surface area contributed by atoms with Crippen LogP contribution in [-0.4, -0.2) is 18.3 Å². The number of hydrogen-bond donors (Lipinski definition) is 1. The van der Waals surface area contributed by atoms with Gasteiger partial charge < -0.3 is 9.84 Å². The fourth-order valence-corrected chi connectivity index (χ4v) is 1.89. The van der Waals surface area contributed by atoms with E-state index in [-0.39, 0.29) is 0 Å². The minimum absolute atomic E-state index is 0.306. The number of unbranched alkanes of at least 4 members (excludes halogenated alkanes) is 4. The van der Waals surface area contributed by atoms with E-state index in [1.807, 2.05) is 0 Å². The van der Waals surface area contributed by atoms with Crippen molar-refractivity contribution in [3.05, 3.63) is 29.8 Å². The zero-order valence-electron chi connectivity index (χ0n) is 11.5. The van der Waals surface area contributed by atoms with Crippen LogP contribution in [0.4, 0.5) is 0 Å². The Morgan fingerprint density at radius 1 is 0.944 bits per heavy atom. The molecule has 0 saturated carbocycles. The Labute approximate surface area is 111 Å².